The van der Waals surface area contributed by atoms with E-state index in [4.69, 9.17) is 23.2 Å². The summed E-state index contributed by atoms with van der Waals surface area (Å²) >= 11 is 10.6. The minimum Gasteiger partial charge on any atom is -0.611 e. The largest absolute Gasteiger partial charge is 0.611 e. The van der Waals surface area contributed by atoms with Gasteiger partial charge in [0.2, 0.25) is 5.78 Å². The first-order chi connectivity index (χ1) is 17.6. The van der Waals surface area contributed by atoms with Crippen LogP contribution in [0.5, 0.6) is 0 Å². The fourth-order valence-electron chi connectivity index (χ4n) is 4.42. The maximum atomic E-state index is 13.9. The van der Waals surface area contributed by atoms with E-state index in [9.17, 15) is 22.9 Å². The molecule has 1 heterocycles. The van der Waals surface area contributed by atoms with Crippen LogP contribution in [0.25, 0.3) is 0 Å². The second-order valence-corrected chi connectivity index (χ2v) is 11.1. The van der Waals surface area contributed by atoms with E-state index < -0.39 is 34.3 Å². The van der Waals surface area contributed by atoms with Crippen LogP contribution in [0.2, 0.25) is 10.0 Å². The van der Waals surface area contributed by atoms with Gasteiger partial charge in [-0.05, 0) is 73.6 Å². The first kappa shape index (κ1) is 27.4. The van der Waals surface area contributed by atoms with Gasteiger partial charge in [-0.25, -0.2) is 8.78 Å². The zero-order chi connectivity index (χ0) is 26.9. The summed E-state index contributed by atoms with van der Waals surface area (Å²) in [6, 6.07) is 14.5. The van der Waals surface area contributed by atoms with Crippen molar-refractivity contribution in [1.29, 1.82) is 0 Å². The molecule has 0 aliphatic carbocycles. The molecular formula is C27H24Cl2F2N2O3S. The number of amides is 1. The summed E-state index contributed by atoms with van der Waals surface area (Å²) in [5, 5.41) is 0.710. The van der Waals surface area contributed by atoms with Crippen molar-refractivity contribution in [3.8, 4) is 0 Å². The third-order valence-corrected chi connectivity index (χ3v) is 8.61. The molecule has 0 aromatic heterocycles. The van der Waals surface area contributed by atoms with E-state index in [2.05, 4.69) is 4.90 Å². The summed E-state index contributed by atoms with van der Waals surface area (Å²) in [6.45, 7) is 5.13. The third kappa shape index (κ3) is 5.93. The molecule has 194 valence electrons. The Morgan fingerprint density at radius 2 is 1.76 bits per heavy atom. The van der Waals surface area contributed by atoms with E-state index >= 15 is 0 Å². The molecular weight excluding hydrogens is 541 g/mol. The number of hydrogen-bond donors (Lipinski definition) is 0. The van der Waals surface area contributed by atoms with Gasteiger partial charge >= 0.3 is 0 Å². The maximum Gasteiger partial charge on any atom is 0.254 e. The molecule has 2 unspecified atom stereocenters. The van der Waals surface area contributed by atoms with Crippen LogP contribution in [0.4, 0.5) is 14.5 Å². The number of piperazine rings is 1. The monoisotopic (exact) mass is 564 g/mol. The fourth-order valence-corrected chi connectivity index (χ4v) is 6.09. The van der Waals surface area contributed by atoms with E-state index in [1.807, 2.05) is 38.1 Å². The van der Waals surface area contributed by atoms with Crippen molar-refractivity contribution in [2.24, 2.45) is 0 Å². The zero-order valence-electron chi connectivity index (χ0n) is 20.1. The summed E-state index contributed by atoms with van der Waals surface area (Å²) in [4.78, 5) is 29.9. The highest BCUT2D eigenvalue weighted by atomic mass is 35.5. The molecule has 10 heteroatoms. The van der Waals surface area contributed by atoms with Gasteiger partial charge in [-0.15, -0.1) is 0 Å². The summed E-state index contributed by atoms with van der Waals surface area (Å²) in [6.07, 6.45) is 0. The van der Waals surface area contributed by atoms with Gasteiger partial charge in [0.25, 0.3) is 5.91 Å². The number of ketones is 1. The molecule has 1 aliphatic heterocycles. The number of hydrogen-bond acceptors (Lipinski definition) is 4. The molecule has 0 spiro atoms. The van der Waals surface area contributed by atoms with Crippen molar-refractivity contribution < 1.29 is 22.9 Å². The molecule has 0 saturated carbocycles. The van der Waals surface area contributed by atoms with Crippen molar-refractivity contribution in [2.75, 3.05) is 23.7 Å². The number of carbonyl (C=O) groups excluding carboxylic acids is 2. The number of halogens is 4. The van der Waals surface area contributed by atoms with Crippen molar-refractivity contribution >= 4 is 51.8 Å². The van der Waals surface area contributed by atoms with Gasteiger partial charge in [0.1, 0.15) is 11.6 Å². The fraction of sp³-hybridized carbons (Fsp3) is 0.259. The molecule has 4 rings (SSSR count). The van der Waals surface area contributed by atoms with Crippen LogP contribution in [-0.4, -0.2) is 52.1 Å². The zero-order valence-corrected chi connectivity index (χ0v) is 22.4. The normalized spacial score (nSPS) is 18.6. The molecule has 37 heavy (non-hydrogen) atoms. The molecule has 3 aromatic rings. The Balaban J connectivity index is 1.45. The van der Waals surface area contributed by atoms with Gasteiger partial charge in [-0.2, -0.15) is 0 Å². The van der Waals surface area contributed by atoms with Gasteiger partial charge in [0.15, 0.2) is 10.6 Å². The minimum atomic E-state index is -1.89. The highest BCUT2D eigenvalue weighted by Crippen LogP contribution is 2.29. The van der Waals surface area contributed by atoms with E-state index in [-0.39, 0.29) is 33.5 Å². The highest BCUT2D eigenvalue weighted by Gasteiger charge is 2.34. The molecule has 1 saturated heterocycles. The molecule has 1 amide bonds. The van der Waals surface area contributed by atoms with E-state index in [1.54, 1.807) is 4.90 Å². The van der Waals surface area contributed by atoms with Gasteiger partial charge in [-0.1, -0.05) is 29.3 Å². The molecule has 3 atom stereocenters. The summed E-state index contributed by atoms with van der Waals surface area (Å²) < 4.78 is 39.8. The van der Waals surface area contributed by atoms with Crippen molar-refractivity contribution in [2.45, 2.75) is 30.8 Å². The third-order valence-electron chi connectivity index (χ3n) is 6.58. The Hall–Kier alpha value is -2.65. The maximum absolute atomic E-state index is 13.9. The van der Waals surface area contributed by atoms with Crippen molar-refractivity contribution in [1.82, 2.24) is 4.90 Å². The summed E-state index contributed by atoms with van der Waals surface area (Å²) in [7, 11) is 0. The topological polar surface area (TPSA) is 63.7 Å². The first-order valence-corrected chi connectivity index (χ1v) is 13.6. The molecule has 1 fully saturated rings. The van der Waals surface area contributed by atoms with Crippen LogP contribution in [0, 0.1) is 11.6 Å². The van der Waals surface area contributed by atoms with Crippen molar-refractivity contribution in [3.05, 3.63) is 93.5 Å². The molecule has 3 aromatic carbocycles. The Morgan fingerprint density at radius 1 is 1.00 bits per heavy atom. The Labute approximate surface area is 227 Å². The van der Waals surface area contributed by atoms with Crippen LogP contribution in [-0.2, 0) is 11.2 Å². The Morgan fingerprint density at radius 3 is 2.43 bits per heavy atom. The highest BCUT2D eigenvalue weighted by molar-refractivity contribution is 7.92. The lowest BCUT2D eigenvalue weighted by Gasteiger charge is -2.46. The SMILES string of the molecule is CC1[C@H](C)N(C(=O)c2ccc([S+]([O-])CC(=O)c3ccc(F)cc3F)c(Cl)c2)CCN1c1cccc(Cl)c1. The Bertz CT molecular complexity index is 1340. The number of anilines is 1. The number of nitrogens with zero attached hydrogens (tertiary/aromatic N) is 2. The molecule has 0 radical (unpaired) electrons. The van der Waals surface area contributed by atoms with Crippen LogP contribution in [0.15, 0.2) is 65.6 Å². The van der Waals surface area contributed by atoms with Crippen LogP contribution in [0.1, 0.15) is 34.6 Å². The van der Waals surface area contributed by atoms with Crippen LogP contribution >= 0.6 is 23.2 Å². The average Bonchev–Trinajstić information content (AvgIpc) is 2.85. The van der Waals surface area contributed by atoms with Crippen LogP contribution < -0.4 is 4.90 Å². The number of rotatable bonds is 6. The van der Waals surface area contributed by atoms with Crippen molar-refractivity contribution in [3.63, 3.8) is 0 Å². The van der Waals surface area contributed by atoms with Crippen LogP contribution in [0.3, 0.4) is 0 Å². The Kier molecular flexibility index (Phi) is 8.43. The van der Waals surface area contributed by atoms with E-state index in [0.717, 1.165) is 17.8 Å². The number of benzene rings is 3. The van der Waals surface area contributed by atoms with Gasteiger partial charge in [-0.3, -0.25) is 9.59 Å². The standard InChI is InChI=1S/C27H24Cl2F2N2O3S/c1-16-17(2)33(11-10-32(16)21-5-3-4-19(28)13-21)27(35)18-6-9-26(23(29)12-18)37(36)15-25(34)22-8-7-20(30)14-24(22)31/h3-9,12-14,16-17H,10-11,15H2,1-2H3/t16?,17-,37?/m0/s1. The lowest BCUT2D eigenvalue weighted by molar-refractivity contribution is 0.0633. The number of Topliss-reactive ketones (excluding diaryl/α,β-unsaturated/α-hetero) is 1. The molecule has 1 aliphatic rings. The smallest absolute Gasteiger partial charge is 0.254 e. The molecule has 0 bridgehead atoms. The second-order valence-electron chi connectivity index (χ2n) is 8.84. The molecule has 0 N–H and O–H groups in total. The predicted molar refractivity (Wildman–Crippen MR) is 142 cm³/mol. The van der Waals surface area contributed by atoms with Gasteiger partial charge in [0.05, 0.1) is 10.6 Å². The summed E-state index contributed by atoms with van der Waals surface area (Å²) in [5.74, 6) is -3.32. The van der Waals surface area contributed by atoms with E-state index in [1.165, 1.54) is 18.2 Å². The lowest BCUT2D eigenvalue weighted by Crippen LogP contribution is -2.59. The summed E-state index contributed by atoms with van der Waals surface area (Å²) in [5.41, 5.74) is 0.971. The predicted octanol–water partition coefficient (Wildman–Crippen LogP) is 6.00. The van der Waals surface area contributed by atoms with Gasteiger partial charge in [0, 0.05) is 47.5 Å². The lowest BCUT2D eigenvalue weighted by atomic mass is 10.0. The second kappa shape index (κ2) is 11.4. The molecule has 5 nitrogen and oxygen atoms in total. The van der Waals surface area contributed by atoms with Gasteiger partial charge < -0.3 is 14.4 Å². The first-order valence-electron chi connectivity index (χ1n) is 11.6. The van der Waals surface area contributed by atoms with E-state index in [0.29, 0.717) is 29.7 Å². The average molecular weight is 565 g/mol. The minimum absolute atomic E-state index is 0.0243. The number of carbonyl (C=O) groups is 2. The quantitative estimate of drug-likeness (QED) is 0.272.